The second kappa shape index (κ2) is 10.7. The number of halogens is 1. The van der Waals surface area contributed by atoms with Crippen LogP contribution in [0.5, 0.6) is 0 Å². The normalized spacial score (nSPS) is 14.1. The van der Waals surface area contributed by atoms with E-state index < -0.39 is 0 Å². The molecule has 0 bridgehead atoms. The highest BCUT2D eigenvalue weighted by Gasteiger charge is 2.18. The molecule has 9 heteroatoms. The number of fused-ring (bicyclic) bond motifs is 1. The fraction of sp³-hybridized carbons (Fsp3) is 0.250. The van der Waals surface area contributed by atoms with Gasteiger partial charge in [0.1, 0.15) is 11.3 Å². The van der Waals surface area contributed by atoms with Crippen molar-refractivity contribution in [3.05, 3.63) is 93.8 Å². The smallest absolute Gasteiger partial charge is 0.274 e. The van der Waals surface area contributed by atoms with Gasteiger partial charge in [0.25, 0.3) is 11.8 Å². The van der Waals surface area contributed by atoms with Gasteiger partial charge in [-0.15, -0.1) is 0 Å². The highest BCUT2D eigenvalue weighted by molar-refractivity contribution is 9.10. The summed E-state index contributed by atoms with van der Waals surface area (Å²) in [4.78, 5) is 35.1. The molecule has 0 unspecified atom stereocenters. The lowest BCUT2D eigenvalue weighted by molar-refractivity contribution is 0.0949. The summed E-state index contributed by atoms with van der Waals surface area (Å²) in [5.41, 5.74) is 5.26. The molecule has 1 aliphatic rings. The molecule has 37 heavy (non-hydrogen) atoms. The van der Waals surface area contributed by atoms with Crippen LogP contribution >= 0.6 is 15.9 Å². The number of aryl methyl sites for hydroxylation is 1. The molecule has 8 nitrogen and oxygen atoms in total. The fourth-order valence-electron chi connectivity index (χ4n) is 4.50. The molecule has 2 aromatic carbocycles. The van der Waals surface area contributed by atoms with E-state index in [1.54, 1.807) is 28.9 Å². The Bertz CT molecular complexity index is 1460. The number of nitrogens with zero attached hydrogens (tertiary/aromatic N) is 4. The summed E-state index contributed by atoms with van der Waals surface area (Å²) < 4.78 is 2.61. The Balaban J connectivity index is 1.28. The van der Waals surface area contributed by atoms with E-state index in [4.69, 9.17) is 0 Å². The van der Waals surface area contributed by atoms with E-state index in [9.17, 15) is 9.59 Å². The number of pyridine rings is 1. The molecule has 3 heterocycles. The standard InChI is InChI=1S/C28H29BrN6O2/c1-19-7-8-20(15-23(19)32-28(37)25-18-30-26-16-22(29)9-10-35(25)26)27(36)31-17-21-5-3-4-6-24(21)34-13-11-33(2)12-14-34/h3-10,15-16,18H,11-14,17H2,1-2H3,(H,31,36)(H,32,37). The summed E-state index contributed by atoms with van der Waals surface area (Å²) in [5, 5.41) is 6.00. The predicted octanol–water partition coefficient (Wildman–Crippen LogP) is 4.34. The Morgan fingerprint density at radius 1 is 1.00 bits per heavy atom. The van der Waals surface area contributed by atoms with Crippen LogP contribution in [0.2, 0.25) is 0 Å². The van der Waals surface area contributed by atoms with Gasteiger partial charge in [0, 0.05) is 60.3 Å². The maximum Gasteiger partial charge on any atom is 0.274 e. The maximum absolute atomic E-state index is 13.1. The number of anilines is 2. The first-order valence-corrected chi connectivity index (χ1v) is 13.0. The van der Waals surface area contributed by atoms with Crippen molar-refractivity contribution in [2.75, 3.05) is 43.4 Å². The summed E-state index contributed by atoms with van der Waals surface area (Å²) in [6.07, 6.45) is 3.33. The second-order valence-electron chi connectivity index (χ2n) is 9.30. The number of para-hydroxylation sites is 1. The lowest BCUT2D eigenvalue weighted by atomic mass is 10.1. The molecule has 0 spiro atoms. The van der Waals surface area contributed by atoms with Crippen molar-refractivity contribution in [1.82, 2.24) is 19.6 Å². The van der Waals surface area contributed by atoms with Gasteiger partial charge in [-0.1, -0.05) is 40.2 Å². The molecule has 2 aromatic heterocycles. The Kier molecular flexibility index (Phi) is 7.25. The van der Waals surface area contributed by atoms with Gasteiger partial charge in [0.15, 0.2) is 0 Å². The summed E-state index contributed by atoms with van der Waals surface area (Å²) in [6, 6.07) is 17.2. The number of likely N-dealkylation sites (N-methyl/N-ethyl adjacent to an activating group) is 1. The van der Waals surface area contributed by atoms with Gasteiger partial charge in [-0.2, -0.15) is 0 Å². The number of benzene rings is 2. The summed E-state index contributed by atoms with van der Waals surface area (Å²) in [6.45, 7) is 6.29. The van der Waals surface area contributed by atoms with Crippen LogP contribution in [-0.2, 0) is 6.54 Å². The molecular weight excluding hydrogens is 532 g/mol. The largest absolute Gasteiger partial charge is 0.369 e. The number of nitrogens with one attached hydrogen (secondary N) is 2. The summed E-state index contributed by atoms with van der Waals surface area (Å²) >= 11 is 3.42. The van der Waals surface area contributed by atoms with Gasteiger partial charge in [0.05, 0.1) is 6.20 Å². The Morgan fingerprint density at radius 2 is 1.78 bits per heavy atom. The minimum absolute atomic E-state index is 0.191. The lowest BCUT2D eigenvalue weighted by Crippen LogP contribution is -2.45. The van der Waals surface area contributed by atoms with Crippen LogP contribution in [0, 0.1) is 6.92 Å². The molecule has 0 aliphatic carbocycles. The van der Waals surface area contributed by atoms with Gasteiger partial charge in [-0.05, 0) is 55.4 Å². The molecule has 2 amide bonds. The van der Waals surface area contributed by atoms with Crippen molar-refractivity contribution in [2.45, 2.75) is 13.5 Å². The number of rotatable bonds is 6. The molecular formula is C28H29BrN6O2. The summed E-state index contributed by atoms with van der Waals surface area (Å²) in [7, 11) is 2.14. The van der Waals surface area contributed by atoms with Gasteiger partial charge in [0.2, 0.25) is 0 Å². The first-order chi connectivity index (χ1) is 17.9. The molecule has 1 aliphatic heterocycles. The number of carbonyl (C=O) groups excluding carboxylic acids is 2. The van der Waals surface area contributed by atoms with Crippen molar-refractivity contribution in [2.24, 2.45) is 0 Å². The zero-order valence-corrected chi connectivity index (χ0v) is 22.5. The van der Waals surface area contributed by atoms with Crippen LogP contribution in [0.4, 0.5) is 11.4 Å². The van der Waals surface area contributed by atoms with E-state index in [1.165, 1.54) is 0 Å². The van der Waals surface area contributed by atoms with Crippen LogP contribution in [0.25, 0.3) is 5.65 Å². The predicted molar refractivity (Wildman–Crippen MR) is 149 cm³/mol. The highest BCUT2D eigenvalue weighted by Crippen LogP contribution is 2.23. The first kappa shape index (κ1) is 25.0. The van der Waals surface area contributed by atoms with Crippen LogP contribution in [-0.4, -0.2) is 59.3 Å². The first-order valence-electron chi connectivity index (χ1n) is 12.2. The Labute approximate surface area is 224 Å². The Morgan fingerprint density at radius 3 is 2.59 bits per heavy atom. The molecule has 0 radical (unpaired) electrons. The number of hydrogen-bond donors (Lipinski definition) is 2. The van der Waals surface area contributed by atoms with E-state index in [-0.39, 0.29) is 11.8 Å². The van der Waals surface area contributed by atoms with Crippen molar-refractivity contribution in [1.29, 1.82) is 0 Å². The maximum atomic E-state index is 13.1. The van der Waals surface area contributed by atoms with Gasteiger partial charge >= 0.3 is 0 Å². The monoisotopic (exact) mass is 560 g/mol. The van der Waals surface area contributed by atoms with E-state index >= 15 is 0 Å². The van der Waals surface area contributed by atoms with Crippen LogP contribution in [0.1, 0.15) is 32.0 Å². The molecule has 190 valence electrons. The average molecular weight is 561 g/mol. The van der Waals surface area contributed by atoms with Crippen molar-refractivity contribution in [3.63, 3.8) is 0 Å². The van der Waals surface area contributed by atoms with E-state index in [2.05, 4.69) is 60.5 Å². The molecule has 5 rings (SSSR count). The van der Waals surface area contributed by atoms with Crippen LogP contribution in [0.3, 0.4) is 0 Å². The van der Waals surface area contributed by atoms with Crippen molar-refractivity contribution >= 4 is 44.8 Å². The summed E-state index contributed by atoms with van der Waals surface area (Å²) in [5.74, 6) is -0.486. The zero-order chi connectivity index (χ0) is 25.9. The third kappa shape index (κ3) is 5.52. The molecule has 4 aromatic rings. The van der Waals surface area contributed by atoms with E-state index in [0.717, 1.165) is 47.5 Å². The number of amides is 2. The highest BCUT2D eigenvalue weighted by atomic mass is 79.9. The van der Waals surface area contributed by atoms with Crippen LogP contribution < -0.4 is 15.5 Å². The number of hydrogen-bond acceptors (Lipinski definition) is 5. The fourth-order valence-corrected chi connectivity index (χ4v) is 4.82. The van der Waals surface area contributed by atoms with Crippen LogP contribution in [0.15, 0.2) is 71.5 Å². The zero-order valence-electron chi connectivity index (χ0n) is 20.9. The Hall–Kier alpha value is -3.69. The number of imidazole rings is 1. The van der Waals surface area contributed by atoms with Crippen molar-refractivity contribution < 1.29 is 9.59 Å². The topological polar surface area (TPSA) is 82.0 Å². The van der Waals surface area contributed by atoms with Crippen molar-refractivity contribution in [3.8, 4) is 0 Å². The van der Waals surface area contributed by atoms with Gasteiger partial charge in [-0.3, -0.25) is 14.0 Å². The lowest BCUT2D eigenvalue weighted by Gasteiger charge is -2.35. The van der Waals surface area contributed by atoms with E-state index in [1.807, 2.05) is 37.3 Å². The average Bonchev–Trinajstić information content (AvgIpc) is 3.32. The quantitative estimate of drug-likeness (QED) is 0.366. The second-order valence-corrected chi connectivity index (χ2v) is 10.2. The number of aromatic nitrogens is 2. The minimum Gasteiger partial charge on any atom is -0.369 e. The minimum atomic E-state index is -0.295. The number of piperazine rings is 1. The number of carbonyl (C=O) groups is 2. The SMILES string of the molecule is Cc1ccc(C(=O)NCc2ccccc2N2CCN(C)CC2)cc1NC(=O)c1cnc2cc(Br)ccn12. The van der Waals surface area contributed by atoms with E-state index in [0.29, 0.717) is 29.1 Å². The molecule has 2 N–H and O–H groups in total. The van der Waals surface area contributed by atoms with Gasteiger partial charge in [-0.25, -0.2) is 4.98 Å². The molecule has 0 saturated carbocycles. The van der Waals surface area contributed by atoms with Gasteiger partial charge < -0.3 is 20.4 Å². The molecule has 1 fully saturated rings. The molecule has 1 saturated heterocycles. The molecule has 0 atom stereocenters. The third-order valence-electron chi connectivity index (χ3n) is 6.73. The third-order valence-corrected chi connectivity index (χ3v) is 7.22.